The van der Waals surface area contributed by atoms with Crippen LogP contribution in [0.1, 0.15) is 39.0 Å². The summed E-state index contributed by atoms with van der Waals surface area (Å²) in [6, 6.07) is 0.532. The van der Waals surface area contributed by atoms with Gasteiger partial charge in [-0.25, -0.2) is 0 Å². The number of hydrogen-bond acceptors (Lipinski definition) is 3. The van der Waals surface area contributed by atoms with Crippen LogP contribution in [0.2, 0.25) is 0 Å². The minimum atomic E-state index is 0.373. The van der Waals surface area contributed by atoms with Crippen molar-refractivity contribution in [3.05, 3.63) is 0 Å². The molecule has 2 rings (SSSR count). The zero-order chi connectivity index (χ0) is 12.1. The van der Waals surface area contributed by atoms with Crippen LogP contribution in [-0.4, -0.2) is 50.3 Å². The summed E-state index contributed by atoms with van der Waals surface area (Å²) in [7, 11) is 2.26. The monoisotopic (exact) mass is 240 g/mol. The molecule has 2 fully saturated rings. The highest BCUT2D eigenvalue weighted by Crippen LogP contribution is 2.25. The summed E-state index contributed by atoms with van der Waals surface area (Å²) in [5.41, 5.74) is 0. The van der Waals surface area contributed by atoms with Gasteiger partial charge in [0.15, 0.2) is 0 Å². The quantitative estimate of drug-likeness (QED) is 0.812. The van der Waals surface area contributed by atoms with Crippen LogP contribution in [0.5, 0.6) is 0 Å². The molecule has 0 bridgehead atoms. The fourth-order valence-electron chi connectivity index (χ4n) is 3.12. The zero-order valence-electron chi connectivity index (χ0n) is 11.5. The van der Waals surface area contributed by atoms with Crippen molar-refractivity contribution in [2.24, 2.45) is 5.92 Å². The molecule has 1 N–H and O–H groups in total. The summed E-state index contributed by atoms with van der Waals surface area (Å²) in [5, 5.41) is 3.42. The highest BCUT2D eigenvalue weighted by Gasteiger charge is 2.25. The summed E-state index contributed by atoms with van der Waals surface area (Å²) >= 11 is 0. The van der Waals surface area contributed by atoms with Crippen molar-refractivity contribution in [1.29, 1.82) is 0 Å². The summed E-state index contributed by atoms with van der Waals surface area (Å²) in [4.78, 5) is 2.51. The maximum atomic E-state index is 5.85. The molecule has 3 nitrogen and oxygen atoms in total. The van der Waals surface area contributed by atoms with Crippen molar-refractivity contribution < 1.29 is 4.74 Å². The molecule has 0 aromatic rings. The highest BCUT2D eigenvalue weighted by atomic mass is 16.5. The molecule has 3 heteroatoms. The molecule has 0 aromatic carbocycles. The van der Waals surface area contributed by atoms with Gasteiger partial charge in [0.25, 0.3) is 0 Å². The normalized spacial score (nSPS) is 29.5. The smallest absolute Gasteiger partial charge is 0.0852 e. The number of morpholine rings is 1. The van der Waals surface area contributed by atoms with Gasteiger partial charge in [0, 0.05) is 25.7 Å². The maximum absolute atomic E-state index is 5.85. The third-order valence-electron chi connectivity index (χ3n) is 4.46. The van der Waals surface area contributed by atoms with E-state index in [0.29, 0.717) is 12.1 Å². The van der Waals surface area contributed by atoms with Gasteiger partial charge in [-0.2, -0.15) is 0 Å². The van der Waals surface area contributed by atoms with Crippen LogP contribution in [0.3, 0.4) is 0 Å². The Hall–Kier alpha value is -0.120. The third kappa shape index (κ3) is 3.94. The molecule has 1 saturated heterocycles. The number of likely N-dealkylation sites (N-methyl/N-ethyl adjacent to an activating group) is 1. The molecule has 100 valence electrons. The second-order valence-electron chi connectivity index (χ2n) is 5.80. The van der Waals surface area contributed by atoms with E-state index in [0.717, 1.165) is 25.6 Å². The molecule has 0 radical (unpaired) electrons. The number of nitrogens with one attached hydrogen (secondary N) is 1. The van der Waals surface area contributed by atoms with E-state index in [1.54, 1.807) is 0 Å². The Morgan fingerprint density at radius 3 is 2.71 bits per heavy atom. The summed E-state index contributed by atoms with van der Waals surface area (Å²) < 4.78 is 5.85. The van der Waals surface area contributed by atoms with E-state index in [4.69, 9.17) is 4.74 Å². The average Bonchev–Trinajstić information content (AvgIpc) is 2.40. The van der Waals surface area contributed by atoms with Gasteiger partial charge >= 0.3 is 0 Å². The first-order valence-corrected chi connectivity index (χ1v) is 7.30. The Bertz CT molecular complexity index is 210. The molecule has 0 spiro atoms. The molecule has 2 atom stereocenters. The van der Waals surface area contributed by atoms with E-state index < -0.39 is 0 Å². The van der Waals surface area contributed by atoms with Crippen LogP contribution in [0, 0.1) is 5.92 Å². The van der Waals surface area contributed by atoms with Crippen LogP contribution in [-0.2, 0) is 4.74 Å². The van der Waals surface area contributed by atoms with Crippen molar-refractivity contribution >= 4 is 0 Å². The number of rotatable bonds is 4. The third-order valence-corrected chi connectivity index (χ3v) is 4.46. The van der Waals surface area contributed by atoms with Crippen LogP contribution < -0.4 is 5.32 Å². The lowest BCUT2D eigenvalue weighted by atomic mass is 9.88. The van der Waals surface area contributed by atoms with Crippen LogP contribution in [0.15, 0.2) is 0 Å². The van der Waals surface area contributed by atoms with Crippen LogP contribution in [0.4, 0.5) is 0 Å². The lowest BCUT2D eigenvalue weighted by molar-refractivity contribution is -0.0238. The summed E-state index contributed by atoms with van der Waals surface area (Å²) in [6.07, 6.45) is 7.56. The number of ether oxygens (including phenoxy) is 1. The molecular formula is C14H28N2O. The van der Waals surface area contributed by atoms with Crippen molar-refractivity contribution in [2.75, 3.05) is 33.3 Å². The van der Waals surface area contributed by atoms with Gasteiger partial charge in [0.1, 0.15) is 0 Å². The Labute approximate surface area is 106 Å². The van der Waals surface area contributed by atoms with Gasteiger partial charge in [-0.1, -0.05) is 19.3 Å². The second kappa shape index (κ2) is 6.72. The maximum Gasteiger partial charge on any atom is 0.0852 e. The molecule has 17 heavy (non-hydrogen) atoms. The van der Waals surface area contributed by atoms with Crippen molar-refractivity contribution in [2.45, 2.75) is 51.2 Å². The SMILES string of the molecule is CC(C1CNCCO1)N(C)CC1CCCCC1. The first-order chi connectivity index (χ1) is 8.27. The first kappa shape index (κ1) is 13.3. The first-order valence-electron chi connectivity index (χ1n) is 7.30. The molecular weight excluding hydrogens is 212 g/mol. The fraction of sp³-hybridized carbons (Fsp3) is 1.00. The van der Waals surface area contributed by atoms with Gasteiger partial charge in [-0.15, -0.1) is 0 Å². The van der Waals surface area contributed by atoms with E-state index in [-0.39, 0.29) is 0 Å². The van der Waals surface area contributed by atoms with E-state index in [1.165, 1.54) is 38.6 Å². The van der Waals surface area contributed by atoms with E-state index in [9.17, 15) is 0 Å². The summed E-state index contributed by atoms with van der Waals surface area (Å²) in [6.45, 7) is 6.44. The van der Waals surface area contributed by atoms with Crippen molar-refractivity contribution in [3.63, 3.8) is 0 Å². The largest absolute Gasteiger partial charge is 0.374 e. The van der Waals surface area contributed by atoms with Crippen LogP contribution in [0.25, 0.3) is 0 Å². The molecule has 2 aliphatic rings. The minimum absolute atomic E-state index is 0.373. The molecule has 1 aliphatic carbocycles. The van der Waals surface area contributed by atoms with Gasteiger partial charge in [0.2, 0.25) is 0 Å². The standard InChI is InChI=1S/C14H28N2O/c1-12(14-10-15-8-9-17-14)16(2)11-13-6-4-3-5-7-13/h12-15H,3-11H2,1-2H3. The second-order valence-corrected chi connectivity index (χ2v) is 5.80. The molecule has 1 aliphatic heterocycles. The zero-order valence-corrected chi connectivity index (χ0v) is 11.5. The molecule has 0 amide bonds. The lowest BCUT2D eigenvalue weighted by Crippen LogP contribution is -2.50. The number of nitrogens with zero attached hydrogens (tertiary/aromatic N) is 1. The summed E-state index contributed by atoms with van der Waals surface area (Å²) in [5.74, 6) is 0.924. The van der Waals surface area contributed by atoms with Crippen LogP contribution >= 0.6 is 0 Å². The lowest BCUT2D eigenvalue weighted by Gasteiger charge is -2.37. The van der Waals surface area contributed by atoms with Gasteiger partial charge in [-0.3, -0.25) is 0 Å². The van der Waals surface area contributed by atoms with Gasteiger partial charge < -0.3 is 15.0 Å². The van der Waals surface area contributed by atoms with Crippen molar-refractivity contribution in [1.82, 2.24) is 10.2 Å². The average molecular weight is 240 g/mol. The molecule has 1 saturated carbocycles. The van der Waals surface area contributed by atoms with Crippen molar-refractivity contribution in [3.8, 4) is 0 Å². The fourth-order valence-corrected chi connectivity index (χ4v) is 3.12. The van der Waals surface area contributed by atoms with E-state index >= 15 is 0 Å². The Balaban J connectivity index is 1.75. The Morgan fingerprint density at radius 2 is 2.06 bits per heavy atom. The topological polar surface area (TPSA) is 24.5 Å². The molecule has 1 heterocycles. The highest BCUT2D eigenvalue weighted by molar-refractivity contribution is 4.80. The van der Waals surface area contributed by atoms with E-state index in [1.807, 2.05) is 0 Å². The van der Waals surface area contributed by atoms with Gasteiger partial charge in [-0.05, 0) is 32.7 Å². The predicted octanol–water partition coefficient (Wildman–Crippen LogP) is 1.88. The molecule has 2 unspecified atom stereocenters. The van der Waals surface area contributed by atoms with Gasteiger partial charge in [0.05, 0.1) is 12.7 Å². The van der Waals surface area contributed by atoms with E-state index in [2.05, 4.69) is 24.2 Å². The minimum Gasteiger partial charge on any atom is -0.374 e. The number of hydrogen-bond donors (Lipinski definition) is 1. The predicted molar refractivity (Wildman–Crippen MR) is 71.3 cm³/mol. The Kier molecular flexibility index (Phi) is 5.26. The Morgan fingerprint density at radius 1 is 1.29 bits per heavy atom. The molecule has 0 aromatic heterocycles.